The van der Waals surface area contributed by atoms with Gasteiger partial charge >= 0.3 is 5.97 Å². The van der Waals surface area contributed by atoms with Crippen LogP contribution in [0.1, 0.15) is 53.1 Å². The van der Waals surface area contributed by atoms with Crippen LogP contribution in [0.15, 0.2) is 60.7 Å². The van der Waals surface area contributed by atoms with Gasteiger partial charge in [0.05, 0.1) is 17.8 Å². The Balaban J connectivity index is 1.39. The van der Waals surface area contributed by atoms with Gasteiger partial charge in [-0.1, -0.05) is 61.0 Å². The highest BCUT2D eigenvalue weighted by molar-refractivity contribution is 6.04. The highest BCUT2D eigenvalue weighted by Gasteiger charge is 2.27. The molecule has 6 heteroatoms. The van der Waals surface area contributed by atoms with Crippen molar-refractivity contribution < 1.29 is 14.6 Å². The van der Waals surface area contributed by atoms with Gasteiger partial charge in [0, 0.05) is 41.2 Å². The van der Waals surface area contributed by atoms with E-state index in [4.69, 9.17) is 9.84 Å². The molecule has 2 aromatic heterocycles. The number of hydrogen-bond donors (Lipinski definition) is 1. The largest absolute Gasteiger partial charge is 0.493 e. The average molecular weight is 508 g/mol. The van der Waals surface area contributed by atoms with Crippen LogP contribution in [0.25, 0.3) is 32.8 Å². The number of carboxylic acid groups (broad SMARTS) is 1. The molecule has 194 valence electrons. The fraction of sp³-hybridized carbons (Fsp3) is 0.312. The molecule has 6 nitrogen and oxygen atoms in total. The number of carboxylic acids is 1. The lowest BCUT2D eigenvalue weighted by Gasteiger charge is -2.15. The van der Waals surface area contributed by atoms with E-state index in [0.29, 0.717) is 25.3 Å². The van der Waals surface area contributed by atoms with E-state index in [2.05, 4.69) is 47.9 Å². The Kier molecular flexibility index (Phi) is 6.40. The molecule has 1 aliphatic rings. The summed E-state index contributed by atoms with van der Waals surface area (Å²) in [6, 6.07) is 20.6. The number of nitrogens with zero attached hydrogens (tertiary/aromatic N) is 3. The van der Waals surface area contributed by atoms with E-state index in [1.165, 1.54) is 5.69 Å². The first-order chi connectivity index (χ1) is 18.5. The van der Waals surface area contributed by atoms with Gasteiger partial charge in [0.2, 0.25) is 0 Å². The highest BCUT2D eigenvalue weighted by Crippen LogP contribution is 2.39. The maximum absolute atomic E-state index is 12.7. The van der Waals surface area contributed by atoms with E-state index < -0.39 is 5.97 Å². The van der Waals surface area contributed by atoms with Crippen LogP contribution in [0.3, 0.4) is 0 Å². The van der Waals surface area contributed by atoms with Crippen LogP contribution in [0.5, 0.6) is 5.75 Å². The van der Waals surface area contributed by atoms with Crippen LogP contribution < -0.4 is 4.74 Å². The standard InChI is InChI=1S/C32H33N3O3/c1-21-29-26-15-9-14-24-25(16-10-20-38-28-18-8-12-22-11-5-6-13-23(22)28)31(32(36)37)35(30(24)26)19-7-3-4-17-27(29)34(2)33-21/h5-6,8-9,11-15,18H,3-4,7,10,16-17,19-20H2,1-2H3,(H,36,37). The van der Waals surface area contributed by atoms with Gasteiger partial charge in [0.15, 0.2) is 0 Å². The number of aryl methyl sites for hydroxylation is 4. The van der Waals surface area contributed by atoms with Gasteiger partial charge in [0.1, 0.15) is 11.4 Å². The zero-order chi connectivity index (χ0) is 26.2. The van der Waals surface area contributed by atoms with Crippen molar-refractivity contribution in [2.24, 2.45) is 7.05 Å². The zero-order valence-corrected chi connectivity index (χ0v) is 22.0. The van der Waals surface area contributed by atoms with Crippen molar-refractivity contribution in [3.63, 3.8) is 0 Å². The van der Waals surface area contributed by atoms with E-state index in [9.17, 15) is 9.90 Å². The number of hydrogen-bond acceptors (Lipinski definition) is 3. The summed E-state index contributed by atoms with van der Waals surface area (Å²) >= 11 is 0. The number of carbonyl (C=O) groups is 1. The summed E-state index contributed by atoms with van der Waals surface area (Å²) in [5, 5.41) is 18.4. The summed E-state index contributed by atoms with van der Waals surface area (Å²) in [7, 11) is 2.01. The third kappa shape index (κ3) is 4.14. The van der Waals surface area contributed by atoms with Gasteiger partial charge in [-0.3, -0.25) is 4.68 Å². The number of aromatic carboxylic acids is 1. The van der Waals surface area contributed by atoms with Crippen LogP contribution >= 0.6 is 0 Å². The third-order valence-electron chi connectivity index (χ3n) is 7.87. The van der Waals surface area contributed by atoms with Crippen molar-refractivity contribution in [1.82, 2.24) is 14.3 Å². The van der Waals surface area contributed by atoms with E-state index in [-0.39, 0.29) is 0 Å². The number of ether oxygens (including phenoxy) is 1. The molecule has 0 saturated carbocycles. The summed E-state index contributed by atoms with van der Waals surface area (Å²) in [5.74, 6) is 0.00144. The molecule has 0 unspecified atom stereocenters. The summed E-state index contributed by atoms with van der Waals surface area (Å²) < 4.78 is 10.3. The minimum atomic E-state index is -0.864. The molecule has 0 aliphatic carbocycles. The van der Waals surface area contributed by atoms with Gasteiger partial charge in [-0.15, -0.1) is 0 Å². The summed E-state index contributed by atoms with van der Waals surface area (Å²) in [6.45, 7) is 3.28. The van der Waals surface area contributed by atoms with Gasteiger partial charge in [-0.25, -0.2) is 4.79 Å². The Morgan fingerprint density at radius 2 is 1.79 bits per heavy atom. The predicted octanol–water partition coefficient (Wildman–Crippen LogP) is 6.94. The smallest absolute Gasteiger partial charge is 0.352 e. The minimum absolute atomic E-state index is 0.418. The average Bonchev–Trinajstić information content (AvgIpc) is 3.39. The van der Waals surface area contributed by atoms with Gasteiger partial charge < -0.3 is 14.4 Å². The summed E-state index contributed by atoms with van der Waals surface area (Å²) in [5.41, 5.74) is 6.80. The van der Waals surface area contributed by atoms with E-state index in [0.717, 1.165) is 81.9 Å². The topological polar surface area (TPSA) is 69.3 Å². The first-order valence-electron chi connectivity index (χ1n) is 13.6. The van der Waals surface area contributed by atoms with E-state index in [1.54, 1.807) is 0 Å². The fourth-order valence-corrected chi connectivity index (χ4v) is 6.24. The van der Waals surface area contributed by atoms with Crippen LogP contribution in [0, 0.1) is 6.92 Å². The van der Waals surface area contributed by atoms with Crippen LogP contribution in [-0.4, -0.2) is 32.0 Å². The first-order valence-corrected chi connectivity index (χ1v) is 13.6. The Morgan fingerprint density at radius 1 is 1.00 bits per heavy atom. The number of para-hydroxylation sites is 1. The van der Waals surface area contributed by atoms with Crippen molar-refractivity contribution in [3.8, 4) is 16.9 Å². The Labute approximate surface area is 222 Å². The summed E-state index contributed by atoms with van der Waals surface area (Å²) in [6.07, 6.45) is 5.42. The lowest BCUT2D eigenvalue weighted by molar-refractivity contribution is 0.0684. The van der Waals surface area contributed by atoms with Crippen molar-refractivity contribution in [2.45, 2.75) is 52.0 Å². The SMILES string of the molecule is Cc1nn(C)c2c1-c1cccc3c(CCCOc4cccc5ccccc45)c(C(=O)O)n(c13)CCCCC2. The second-order valence-electron chi connectivity index (χ2n) is 10.3. The second-order valence-corrected chi connectivity index (χ2v) is 10.3. The number of fused-ring (bicyclic) bond motifs is 3. The molecule has 3 heterocycles. The van der Waals surface area contributed by atoms with Crippen LogP contribution in [0.2, 0.25) is 0 Å². The lowest BCUT2D eigenvalue weighted by Crippen LogP contribution is -2.12. The number of aromatic nitrogens is 3. The van der Waals surface area contributed by atoms with Crippen molar-refractivity contribution in [1.29, 1.82) is 0 Å². The zero-order valence-electron chi connectivity index (χ0n) is 22.0. The normalized spacial score (nSPS) is 13.5. The molecular weight excluding hydrogens is 474 g/mol. The predicted molar refractivity (Wildman–Crippen MR) is 151 cm³/mol. The minimum Gasteiger partial charge on any atom is -0.493 e. The molecule has 1 aliphatic heterocycles. The Hall–Kier alpha value is -4.06. The molecular formula is C32H33N3O3. The Bertz CT molecular complexity index is 1650. The maximum Gasteiger partial charge on any atom is 0.352 e. The van der Waals surface area contributed by atoms with E-state index >= 15 is 0 Å². The molecule has 3 aromatic carbocycles. The molecule has 0 fully saturated rings. The lowest BCUT2D eigenvalue weighted by atomic mass is 9.96. The molecule has 0 bridgehead atoms. The van der Waals surface area contributed by atoms with Crippen molar-refractivity contribution >= 4 is 27.6 Å². The molecule has 38 heavy (non-hydrogen) atoms. The van der Waals surface area contributed by atoms with Crippen LogP contribution in [-0.2, 0) is 26.4 Å². The summed E-state index contributed by atoms with van der Waals surface area (Å²) in [4.78, 5) is 12.7. The number of benzene rings is 3. The van der Waals surface area contributed by atoms with Gasteiger partial charge in [0.25, 0.3) is 0 Å². The third-order valence-corrected chi connectivity index (χ3v) is 7.87. The molecule has 0 saturated heterocycles. The molecule has 6 rings (SSSR count). The number of rotatable bonds is 6. The Morgan fingerprint density at radius 3 is 2.66 bits per heavy atom. The maximum atomic E-state index is 12.7. The van der Waals surface area contributed by atoms with Crippen molar-refractivity contribution in [3.05, 3.63) is 83.3 Å². The molecule has 0 radical (unpaired) electrons. The molecule has 5 aromatic rings. The fourth-order valence-electron chi connectivity index (χ4n) is 6.24. The van der Waals surface area contributed by atoms with Gasteiger partial charge in [-0.05, 0) is 56.0 Å². The molecule has 0 atom stereocenters. The second kappa shape index (κ2) is 10.0. The molecule has 0 spiro atoms. The first kappa shape index (κ1) is 24.3. The highest BCUT2D eigenvalue weighted by atomic mass is 16.5. The monoisotopic (exact) mass is 507 g/mol. The van der Waals surface area contributed by atoms with Gasteiger partial charge in [-0.2, -0.15) is 5.10 Å². The quantitative estimate of drug-likeness (QED) is 0.253. The van der Waals surface area contributed by atoms with Crippen molar-refractivity contribution in [2.75, 3.05) is 6.61 Å². The molecule has 1 N–H and O–H groups in total. The van der Waals surface area contributed by atoms with Crippen LogP contribution in [0.4, 0.5) is 0 Å². The van der Waals surface area contributed by atoms with E-state index in [1.807, 2.05) is 36.0 Å². The molecule has 0 amide bonds.